The molecule has 0 spiro atoms. The van der Waals surface area contributed by atoms with Crippen LogP contribution >= 0.6 is 12.4 Å². The Morgan fingerprint density at radius 1 is 1.45 bits per heavy atom. The van der Waals surface area contributed by atoms with Crippen LogP contribution in [0, 0.1) is 5.41 Å². The van der Waals surface area contributed by atoms with Gasteiger partial charge in [0.1, 0.15) is 0 Å². The maximum absolute atomic E-state index is 12.0. The van der Waals surface area contributed by atoms with E-state index >= 15 is 0 Å². The molecule has 1 fully saturated rings. The second-order valence-corrected chi connectivity index (χ2v) is 6.51. The van der Waals surface area contributed by atoms with Gasteiger partial charge in [0.2, 0.25) is 5.91 Å². The van der Waals surface area contributed by atoms with Crippen molar-refractivity contribution in [1.29, 1.82) is 0 Å². The summed E-state index contributed by atoms with van der Waals surface area (Å²) in [5.41, 5.74) is 1.26. The average Bonchev–Trinajstić information content (AvgIpc) is 2.75. The maximum Gasteiger partial charge on any atom is 0.242 e. The second-order valence-electron chi connectivity index (χ2n) is 6.51. The zero-order valence-corrected chi connectivity index (χ0v) is 13.3. The van der Waals surface area contributed by atoms with Crippen LogP contribution in [0.15, 0.2) is 6.07 Å². The number of carbonyl (C=O) groups excluding carboxylic acids is 1. The Kier molecular flexibility index (Phi) is 6.02. The number of nitrogens with zero attached hydrogens (tertiary/aromatic N) is 1. The van der Waals surface area contributed by atoms with Gasteiger partial charge in [0.15, 0.2) is 5.82 Å². The van der Waals surface area contributed by atoms with Gasteiger partial charge in [0.25, 0.3) is 0 Å². The molecule has 114 valence electrons. The summed E-state index contributed by atoms with van der Waals surface area (Å²) in [6.07, 6.45) is 4.09. The Hall–Kier alpha value is -1.07. The van der Waals surface area contributed by atoms with Crippen molar-refractivity contribution in [2.75, 3.05) is 11.9 Å². The number of hydrogen-bond acceptors (Lipinski definition) is 3. The molecule has 0 radical (unpaired) electrons. The Bertz CT molecular complexity index is 433. The minimum absolute atomic E-state index is 0. The monoisotopic (exact) mass is 300 g/mol. The number of rotatable bonds is 3. The molecule has 6 heteroatoms. The van der Waals surface area contributed by atoms with Gasteiger partial charge in [-0.1, -0.05) is 27.2 Å². The van der Waals surface area contributed by atoms with Crippen LogP contribution in [-0.2, 0) is 11.2 Å². The van der Waals surface area contributed by atoms with Crippen LogP contribution in [0.25, 0.3) is 0 Å². The molecule has 2 heterocycles. The van der Waals surface area contributed by atoms with Gasteiger partial charge in [-0.05, 0) is 31.2 Å². The summed E-state index contributed by atoms with van der Waals surface area (Å²) >= 11 is 0. The molecule has 1 atom stereocenters. The molecule has 1 aromatic rings. The smallest absolute Gasteiger partial charge is 0.242 e. The second kappa shape index (κ2) is 7.09. The quantitative estimate of drug-likeness (QED) is 0.803. The van der Waals surface area contributed by atoms with E-state index < -0.39 is 0 Å². The van der Waals surface area contributed by atoms with Crippen molar-refractivity contribution in [3.05, 3.63) is 11.8 Å². The lowest BCUT2D eigenvalue weighted by Crippen LogP contribution is -2.43. The van der Waals surface area contributed by atoms with Crippen LogP contribution in [0.4, 0.5) is 5.82 Å². The lowest BCUT2D eigenvalue weighted by atomic mass is 9.91. The predicted octanol–water partition coefficient (Wildman–Crippen LogP) is 2.50. The lowest BCUT2D eigenvalue weighted by Gasteiger charge is -2.21. The lowest BCUT2D eigenvalue weighted by molar-refractivity contribution is -0.118. The van der Waals surface area contributed by atoms with Crippen LogP contribution in [0.1, 0.15) is 45.7 Å². The summed E-state index contributed by atoms with van der Waals surface area (Å²) in [5, 5.41) is 13.2. The first-order chi connectivity index (χ1) is 8.94. The molecular formula is C14H25ClN4O. The molecule has 3 N–H and O–H groups in total. The van der Waals surface area contributed by atoms with Gasteiger partial charge in [0.05, 0.1) is 6.04 Å². The van der Waals surface area contributed by atoms with Gasteiger partial charge >= 0.3 is 0 Å². The fourth-order valence-corrected chi connectivity index (χ4v) is 2.38. The van der Waals surface area contributed by atoms with E-state index in [4.69, 9.17) is 0 Å². The number of aromatic nitrogens is 2. The molecule has 1 unspecified atom stereocenters. The first-order valence-electron chi connectivity index (χ1n) is 7.02. The Labute approximate surface area is 126 Å². The van der Waals surface area contributed by atoms with Crippen LogP contribution in [0.2, 0.25) is 0 Å². The van der Waals surface area contributed by atoms with Crippen LogP contribution < -0.4 is 10.6 Å². The van der Waals surface area contributed by atoms with Crippen LogP contribution in [-0.4, -0.2) is 28.7 Å². The third kappa shape index (κ3) is 5.13. The molecule has 1 aliphatic heterocycles. The molecule has 0 saturated carbocycles. The van der Waals surface area contributed by atoms with E-state index in [1.165, 1.54) is 0 Å². The highest BCUT2D eigenvalue weighted by Gasteiger charge is 2.21. The number of carbonyl (C=O) groups is 1. The number of aromatic amines is 1. The number of H-pyrrole nitrogens is 1. The highest BCUT2D eigenvalue weighted by Crippen LogP contribution is 2.20. The number of amides is 1. The molecule has 2 rings (SSSR count). The fraction of sp³-hybridized carbons (Fsp3) is 0.714. The first-order valence-corrected chi connectivity index (χ1v) is 7.02. The van der Waals surface area contributed by atoms with E-state index in [0.29, 0.717) is 5.82 Å². The standard InChI is InChI=1S/C14H24N4O.ClH/c1-14(2,3)9-10-8-12(18-17-10)16-13(19)11-6-4-5-7-15-11;/h8,11,15H,4-7,9H2,1-3H3,(H2,16,17,18,19);1H. The molecule has 1 saturated heterocycles. The summed E-state index contributed by atoms with van der Waals surface area (Å²) in [6.45, 7) is 7.46. The van der Waals surface area contributed by atoms with Gasteiger partial charge in [-0.15, -0.1) is 12.4 Å². The molecule has 5 nitrogen and oxygen atoms in total. The molecule has 1 amide bonds. The van der Waals surface area contributed by atoms with E-state index in [9.17, 15) is 4.79 Å². The molecule has 1 aromatic heterocycles. The molecule has 0 bridgehead atoms. The summed E-state index contributed by atoms with van der Waals surface area (Å²) in [4.78, 5) is 12.0. The van der Waals surface area contributed by atoms with Crippen molar-refractivity contribution in [2.24, 2.45) is 5.41 Å². The topological polar surface area (TPSA) is 69.8 Å². The Balaban J connectivity index is 0.00000200. The molecule has 1 aliphatic rings. The number of piperidine rings is 1. The Morgan fingerprint density at radius 2 is 2.20 bits per heavy atom. The number of halogens is 1. The SMILES string of the molecule is CC(C)(C)Cc1cc(NC(=O)C2CCCCN2)n[nH]1.Cl. The van der Waals surface area contributed by atoms with Gasteiger partial charge in [-0.2, -0.15) is 5.10 Å². The van der Waals surface area contributed by atoms with E-state index in [-0.39, 0.29) is 29.8 Å². The summed E-state index contributed by atoms with van der Waals surface area (Å²) in [7, 11) is 0. The molecule has 0 aromatic carbocycles. The van der Waals surface area contributed by atoms with Gasteiger partial charge in [-0.3, -0.25) is 9.89 Å². The highest BCUT2D eigenvalue weighted by atomic mass is 35.5. The van der Waals surface area contributed by atoms with Crippen LogP contribution in [0.3, 0.4) is 0 Å². The zero-order valence-electron chi connectivity index (χ0n) is 12.5. The minimum Gasteiger partial charge on any atom is -0.308 e. The van der Waals surface area contributed by atoms with Gasteiger partial charge < -0.3 is 10.6 Å². The minimum atomic E-state index is -0.0727. The van der Waals surface area contributed by atoms with Crippen molar-refractivity contribution in [3.63, 3.8) is 0 Å². The maximum atomic E-state index is 12.0. The van der Waals surface area contributed by atoms with Gasteiger partial charge in [-0.25, -0.2) is 0 Å². The normalized spacial score (nSPS) is 19.2. The summed E-state index contributed by atoms with van der Waals surface area (Å²) in [6, 6.07) is 1.85. The van der Waals surface area contributed by atoms with Crippen molar-refractivity contribution >= 4 is 24.1 Å². The molecular weight excluding hydrogens is 276 g/mol. The van der Waals surface area contributed by atoms with E-state index in [2.05, 4.69) is 41.6 Å². The zero-order chi connectivity index (χ0) is 13.9. The molecule has 0 aliphatic carbocycles. The average molecular weight is 301 g/mol. The molecule has 20 heavy (non-hydrogen) atoms. The largest absolute Gasteiger partial charge is 0.308 e. The number of anilines is 1. The first kappa shape index (κ1) is 17.0. The third-order valence-electron chi connectivity index (χ3n) is 3.23. The number of hydrogen-bond donors (Lipinski definition) is 3. The summed E-state index contributed by atoms with van der Waals surface area (Å²) in [5.74, 6) is 0.644. The highest BCUT2D eigenvalue weighted by molar-refractivity contribution is 5.94. The predicted molar refractivity (Wildman–Crippen MR) is 83.3 cm³/mol. The number of nitrogens with one attached hydrogen (secondary N) is 3. The van der Waals surface area contributed by atoms with Crippen molar-refractivity contribution in [2.45, 2.75) is 52.5 Å². The van der Waals surface area contributed by atoms with Crippen molar-refractivity contribution in [3.8, 4) is 0 Å². The fourth-order valence-electron chi connectivity index (χ4n) is 2.38. The summed E-state index contributed by atoms with van der Waals surface area (Å²) < 4.78 is 0. The Morgan fingerprint density at radius 3 is 2.80 bits per heavy atom. The third-order valence-corrected chi connectivity index (χ3v) is 3.23. The van der Waals surface area contributed by atoms with Crippen molar-refractivity contribution < 1.29 is 4.79 Å². The van der Waals surface area contributed by atoms with E-state index in [1.54, 1.807) is 0 Å². The van der Waals surface area contributed by atoms with Crippen LogP contribution in [0.5, 0.6) is 0 Å². The van der Waals surface area contributed by atoms with E-state index in [1.807, 2.05) is 6.07 Å². The van der Waals surface area contributed by atoms with E-state index in [0.717, 1.165) is 37.9 Å². The van der Waals surface area contributed by atoms with Gasteiger partial charge in [0, 0.05) is 11.8 Å². The van der Waals surface area contributed by atoms with Crippen molar-refractivity contribution in [1.82, 2.24) is 15.5 Å².